The molecule has 1 heterocycles. The van der Waals surface area contributed by atoms with Crippen LogP contribution in [0.4, 0.5) is 0 Å². The highest BCUT2D eigenvalue weighted by Crippen LogP contribution is 2.32. The summed E-state index contributed by atoms with van der Waals surface area (Å²) in [4.78, 5) is 0. The van der Waals surface area contributed by atoms with E-state index in [9.17, 15) is 0 Å². The zero-order valence-corrected chi connectivity index (χ0v) is 9.21. The lowest BCUT2D eigenvalue weighted by molar-refractivity contribution is 0.197. The minimum absolute atomic E-state index is 0.750. The van der Waals surface area contributed by atoms with E-state index in [1.54, 1.807) is 13.0 Å². The smallest absolute Gasteiger partial charge is 0.210 e. The Bertz CT molecular complexity index is 447. The van der Waals surface area contributed by atoms with E-state index < -0.39 is 5.60 Å². The standard InChI is InChI=1S/C11H8BrNO/c1-11(7-13)5-4-8-6-9(12)2-3-10(8)14-11/h2-6H,1H3. The highest BCUT2D eigenvalue weighted by Gasteiger charge is 2.26. The van der Waals surface area contributed by atoms with Crippen LogP contribution in [0, 0.1) is 11.3 Å². The Labute approximate surface area is 90.9 Å². The molecule has 0 saturated carbocycles. The summed E-state index contributed by atoms with van der Waals surface area (Å²) in [6, 6.07) is 7.83. The highest BCUT2D eigenvalue weighted by atomic mass is 79.9. The molecule has 2 nitrogen and oxygen atoms in total. The lowest BCUT2D eigenvalue weighted by Gasteiger charge is -2.25. The Morgan fingerprint density at radius 1 is 1.50 bits per heavy atom. The van der Waals surface area contributed by atoms with E-state index in [1.807, 2.05) is 24.3 Å². The van der Waals surface area contributed by atoms with Gasteiger partial charge in [0.25, 0.3) is 0 Å². The normalized spacial score (nSPS) is 23.5. The van der Waals surface area contributed by atoms with Crippen molar-refractivity contribution in [3.8, 4) is 11.8 Å². The van der Waals surface area contributed by atoms with Crippen LogP contribution in [0.15, 0.2) is 28.7 Å². The SMILES string of the molecule is CC1(C#N)C=Cc2cc(Br)ccc2O1. The third-order valence-corrected chi connectivity index (χ3v) is 2.59. The quantitative estimate of drug-likeness (QED) is 0.708. The zero-order chi connectivity index (χ0) is 10.2. The summed E-state index contributed by atoms with van der Waals surface area (Å²) in [6.45, 7) is 1.74. The van der Waals surface area contributed by atoms with Crippen LogP contribution in [0.5, 0.6) is 5.75 Å². The molecule has 0 N–H and O–H groups in total. The topological polar surface area (TPSA) is 33.0 Å². The van der Waals surface area contributed by atoms with Crippen LogP contribution >= 0.6 is 15.9 Å². The monoisotopic (exact) mass is 249 g/mol. The first-order valence-electron chi connectivity index (χ1n) is 4.22. The predicted octanol–water partition coefficient (Wildman–Crippen LogP) is 3.14. The molecule has 0 radical (unpaired) electrons. The van der Waals surface area contributed by atoms with Crippen molar-refractivity contribution in [3.05, 3.63) is 34.3 Å². The molecule has 1 aliphatic rings. The van der Waals surface area contributed by atoms with Gasteiger partial charge < -0.3 is 4.74 Å². The van der Waals surface area contributed by atoms with E-state index in [1.165, 1.54) is 0 Å². The van der Waals surface area contributed by atoms with Gasteiger partial charge in [-0.2, -0.15) is 5.26 Å². The van der Waals surface area contributed by atoms with Crippen molar-refractivity contribution in [1.29, 1.82) is 5.26 Å². The molecule has 1 aliphatic heterocycles. The largest absolute Gasteiger partial charge is 0.468 e. The van der Waals surface area contributed by atoms with Crippen molar-refractivity contribution in [2.45, 2.75) is 12.5 Å². The Morgan fingerprint density at radius 3 is 3.00 bits per heavy atom. The molecule has 0 aromatic heterocycles. The second-order valence-corrected chi connectivity index (χ2v) is 4.25. The van der Waals surface area contributed by atoms with E-state index in [0.29, 0.717) is 0 Å². The minimum Gasteiger partial charge on any atom is -0.468 e. The number of nitrogens with zero attached hydrogens (tertiary/aromatic N) is 1. The summed E-state index contributed by atoms with van der Waals surface area (Å²) < 4.78 is 6.56. The van der Waals surface area contributed by atoms with Crippen LogP contribution in [0.2, 0.25) is 0 Å². The molecule has 0 bridgehead atoms. The van der Waals surface area contributed by atoms with Gasteiger partial charge in [0.1, 0.15) is 11.8 Å². The van der Waals surface area contributed by atoms with Gasteiger partial charge in [-0.25, -0.2) is 0 Å². The molecular formula is C11H8BrNO. The van der Waals surface area contributed by atoms with E-state index in [0.717, 1.165) is 15.8 Å². The van der Waals surface area contributed by atoms with Gasteiger partial charge in [0.05, 0.1) is 0 Å². The average molecular weight is 250 g/mol. The number of hydrogen-bond acceptors (Lipinski definition) is 2. The number of benzene rings is 1. The number of fused-ring (bicyclic) bond motifs is 1. The number of ether oxygens (including phenoxy) is 1. The van der Waals surface area contributed by atoms with Crippen molar-refractivity contribution in [2.24, 2.45) is 0 Å². The summed E-state index contributed by atoms with van der Waals surface area (Å²) in [5.41, 5.74) is 0.160. The van der Waals surface area contributed by atoms with Crippen LogP contribution in [0.1, 0.15) is 12.5 Å². The third-order valence-electron chi connectivity index (χ3n) is 2.10. The maximum Gasteiger partial charge on any atom is 0.210 e. The van der Waals surface area contributed by atoms with Gasteiger partial charge in [-0.15, -0.1) is 0 Å². The van der Waals surface area contributed by atoms with Gasteiger partial charge >= 0.3 is 0 Å². The maximum atomic E-state index is 8.89. The van der Waals surface area contributed by atoms with Gasteiger partial charge in [0.2, 0.25) is 5.60 Å². The first-order valence-corrected chi connectivity index (χ1v) is 5.01. The molecule has 0 spiro atoms. The summed E-state index contributed by atoms with van der Waals surface area (Å²) >= 11 is 3.38. The molecule has 0 fully saturated rings. The third kappa shape index (κ3) is 1.53. The number of hydrogen-bond donors (Lipinski definition) is 0. The number of rotatable bonds is 0. The Morgan fingerprint density at radius 2 is 2.29 bits per heavy atom. The van der Waals surface area contributed by atoms with Crippen LogP contribution in [0.3, 0.4) is 0 Å². The first kappa shape index (κ1) is 9.29. The van der Waals surface area contributed by atoms with Gasteiger partial charge in [-0.1, -0.05) is 22.0 Å². The molecule has 2 rings (SSSR count). The van der Waals surface area contributed by atoms with Crippen molar-refractivity contribution in [3.63, 3.8) is 0 Å². The molecule has 1 aromatic carbocycles. The second-order valence-electron chi connectivity index (χ2n) is 3.34. The average Bonchev–Trinajstić information content (AvgIpc) is 2.19. The lowest BCUT2D eigenvalue weighted by Crippen LogP contribution is -2.29. The fourth-order valence-corrected chi connectivity index (χ4v) is 1.69. The molecule has 70 valence electrons. The summed E-state index contributed by atoms with van der Waals surface area (Å²) in [6.07, 6.45) is 3.68. The number of halogens is 1. The Hall–Kier alpha value is -1.27. The van der Waals surface area contributed by atoms with Gasteiger partial charge in [-0.3, -0.25) is 0 Å². The molecule has 0 aliphatic carbocycles. The minimum atomic E-state index is -0.833. The van der Waals surface area contributed by atoms with Crippen molar-refractivity contribution >= 4 is 22.0 Å². The van der Waals surface area contributed by atoms with Gasteiger partial charge in [-0.05, 0) is 31.2 Å². The molecule has 14 heavy (non-hydrogen) atoms. The van der Waals surface area contributed by atoms with Crippen LogP contribution in [-0.2, 0) is 0 Å². The van der Waals surface area contributed by atoms with Crippen LogP contribution in [-0.4, -0.2) is 5.60 Å². The summed E-state index contributed by atoms with van der Waals surface area (Å²) in [5.74, 6) is 0.750. The van der Waals surface area contributed by atoms with Crippen LogP contribution < -0.4 is 4.74 Å². The lowest BCUT2D eigenvalue weighted by atomic mass is 10.0. The molecular weight excluding hydrogens is 242 g/mol. The predicted molar refractivity (Wildman–Crippen MR) is 57.8 cm³/mol. The van der Waals surface area contributed by atoms with Crippen molar-refractivity contribution in [2.75, 3.05) is 0 Å². The Balaban J connectivity index is 2.47. The second kappa shape index (κ2) is 3.14. The highest BCUT2D eigenvalue weighted by molar-refractivity contribution is 9.10. The molecule has 1 aromatic rings. The van der Waals surface area contributed by atoms with E-state index >= 15 is 0 Å². The van der Waals surface area contributed by atoms with Crippen molar-refractivity contribution < 1.29 is 4.74 Å². The van der Waals surface area contributed by atoms with E-state index in [-0.39, 0.29) is 0 Å². The molecule has 0 amide bonds. The first-order chi connectivity index (χ1) is 6.63. The Kier molecular flexibility index (Phi) is 2.09. The van der Waals surface area contributed by atoms with Crippen molar-refractivity contribution in [1.82, 2.24) is 0 Å². The molecule has 1 unspecified atom stereocenters. The summed E-state index contributed by atoms with van der Waals surface area (Å²) in [5, 5.41) is 8.89. The number of nitriles is 1. The molecule has 0 saturated heterocycles. The zero-order valence-electron chi connectivity index (χ0n) is 7.62. The molecule has 1 atom stereocenters. The van der Waals surface area contributed by atoms with Gasteiger partial charge in [0.15, 0.2) is 0 Å². The van der Waals surface area contributed by atoms with E-state index in [2.05, 4.69) is 22.0 Å². The summed E-state index contributed by atoms with van der Waals surface area (Å²) in [7, 11) is 0. The van der Waals surface area contributed by atoms with Crippen LogP contribution in [0.25, 0.3) is 6.08 Å². The molecule has 3 heteroatoms. The maximum absolute atomic E-state index is 8.89. The fourth-order valence-electron chi connectivity index (χ4n) is 1.31. The fraction of sp³-hybridized carbons (Fsp3) is 0.182. The van der Waals surface area contributed by atoms with Gasteiger partial charge in [0, 0.05) is 10.0 Å². The van der Waals surface area contributed by atoms with E-state index in [4.69, 9.17) is 10.00 Å².